The lowest BCUT2D eigenvalue weighted by Crippen LogP contribution is -2.56. The molecule has 0 spiro atoms. The molecule has 2 heterocycles. The van der Waals surface area contributed by atoms with E-state index in [0.29, 0.717) is 12.5 Å². The molecule has 2 aromatic heterocycles. The molecule has 0 aromatic carbocycles. The first-order chi connectivity index (χ1) is 12.2. The molecular weight excluding hydrogens is 330 g/mol. The number of hydrogen-bond donors (Lipinski definition) is 1. The molecule has 4 nitrogen and oxygen atoms in total. The number of carbonyl (C=O) groups is 1. The van der Waals surface area contributed by atoms with E-state index in [1.807, 2.05) is 23.6 Å². The van der Waals surface area contributed by atoms with Crippen LogP contribution in [-0.2, 0) is 11.2 Å². The van der Waals surface area contributed by atoms with Crippen molar-refractivity contribution in [3.05, 3.63) is 35.5 Å². The Morgan fingerprint density at radius 3 is 2.56 bits per heavy atom. The van der Waals surface area contributed by atoms with Gasteiger partial charge in [-0.2, -0.15) is 0 Å². The highest BCUT2D eigenvalue weighted by Crippen LogP contribution is 2.53. The van der Waals surface area contributed by atoms with E-state index in [2.05, 4.69) is 15.3 Å². The van der Waals surface area contributed by atoms with Crippen molar-refractivity contribution in [3.8, 4) is 10.7 Å². The maximum Gasteiger partial charge on any atom is 0.226 e. The van der Waals surface area contributed by atoms with E-state index >= 15 is 0 Å². The molecule has 0 unspecified atom stereocenters. The van der Waals surface area contributed by atoms with Crippen molar-refractivity contribution in [1.29, 1.82) is 0 Å². The van der Waals surface area contributed by atoms with E-state index in [0.717, 1.165) is 40.1 Å². The number of thiazole rings is 1. The Hall–Kier alpha value is -1.75. The fourth-order valence-electron chi connectivity index (χ4n) is 5.56. The summed E-state index contributed by atoms with van der Waals surface area (Å²) in [5.74, 6) is 3.46. The molecule has 130 valence electrons. The molecule has 0 saturated heterocycles. The number of amides is 1. The first kappa shape index (κ1) is 15.5. The molecule has 1 N–H and O–H groups in total. The summed E-state index contributed by atoms with van der Waals surface area (Å²) in [6.07, 6.45) is 8.93. The van der Waals surface area contributed by atoms with Crippen LogP contribution >= 0.6 is 11.3 Å². The van der Waals surface area contributed by atoms with Crippen LogP contribution < -0.4 is 5.32 Å². The van der Waals surface area contributed by atoms with Crippen molar-refractivity contribution >= 4 is 17.2 Å². The summed E-state index contributed by atoms with van der Waals surface area (Å²) in [7, 11) is 0. The second kappa shape index (κ2) is 6.20. The SMILES string of the molecule is O=C(Cc1csc(-c2ccccn2)n1)NC1C2CC3CC(C2)CC1C3. The number of rotatable bonds is 4. The van der Waals surface area contributed by atoms with Gasteiger partial charge in [-0.25, -0.2) is 4.98 Å². The van der Waals surface area contributed by atoms with Crippen LogP contribution in [0.4, 0.5) is 0 Å². The van der Waals surface area contributed by atoms with Crippen molar-refractivity contribution < 1.29 is 4.79 Å². The average molecular weight is 353 g/mol. The highest BCUT2D eigenvalue weighted by atomic mass is 32.1. The van der Waals surface area contributed by atoms with Gasteiger partial charge in [-0.3, -0.25) is 9.78 Å². The van der Waals surface area contributed by atoms with Crippen molar-refractivity contribution in [3.63, 3.8) is 0 Å². The van der Waals surface area contributed by atoms with Crippen molar-refractivity contribution in [2.45, 2.75) is 44.6 Å². The molecule has 0 atom stereocenters. The molecule has 5 heteroatoms. The summed E-state index contributed by atoms with van der Waals surface area (Å²) in [4.78, 5) is 21.5. The zero-order chi connectivity index (χ0) is 16.8. The Labute approximate surface area is 152 Å². The molecule has 6 rings (SSSR count). The van der Waals surface area contributed by atoms with E-state index in [4.69, 9.17) is 0 Å². The second-order valence-electron chi connectivity index (χ2n) is 8.06. The Kier molecular flexibility index (Phi) is 3.85. The predicted molar refractivity (Wildman–Crippen MR) is 98.0 cm³/mol. The van der Waals surface area contributed by atoms with Gasteiger partial charge in [0.2, 0.25) is 5.91 Å². The van der Waals surface area contributed by atoms with Gasteiger partial charge >= 0.3 is 0 Å². The number of hydrogen-bond acceptors (Lipinski definition) is 4. The van der Waals surface area contributed by atoms with Crippen LogP contribution in [0.1, 0.15) is 37.8 Å². The molecule has 25 heavy (non-hydrogen) atoms. The number of pyridine rings is 1. The molecular formula is C20H23N3OS. The predicted octanol–water partition coefficient (Wildman–Crippen LogP) is 3.69. The number of carbonyl (C=O) groups excluding carboxylic acids is 1. The zero-order valence-electron chi connectivity index (χ0n) is 14.2. The van der Waals surface area contributed by atoms with Crippen molar-refractivity contribution in [1.82, 2.24) is 15.3 Å². The average Bonchev–Trinajstić information content (AvgIpc) is 3.07. The standard InChI is InChI=1S/C20H23N3OS/c24-18(10-16-11-25-20(22-16)17-3-1-2-4-21-17)23-19-14-6-12-5-13(8-14)9-15(19)7-12/h1-4,11-15,19H,5-10H2,(H,23,24). The lowest BCUT2D eigenvalue weighted by molar-refractivity contribution is -0.124. The van der Waals surface area contributed by atoms with Gasteiger partial charge in [0, 0.05) is 17.6 Å². The minimum atomic E-state index is 0.135. The van der Waals surface area contributed by atoms with Crippen molar-refractivity contribution in [2.75, 3.05) is 0 Å². The van der Waals surface area contributed by atoms with Crippen LogP contribution in [0.5, 0.6) is 0 Å². The summed E-state index contributed by atoms with van der Waals surface area (Å²) in [6.45, 7) is 0. The van der Waals surface area contributed by atoms with E-state index in [-0.39, 0.29) is 5.91 Å². The van der Waals surface area contributed by atoms with E-state index in [1.54, 1.807) is 17.5 Å². The van der Waals surface area contributed by atoms with E-state index < -0.39 is 0 Å². The van der Waals surface area contributed by atoms with Gasteiger partial charge in [0.25, 0.3) is 0 Å². The number of aromatic nitrogens is 2. The molecule has 4 bridgehead atoms. The topological polar surface area (TPSA) is 54.9 Å². The van der Waals surface area contributed by atoms with Gasteiger partial charge in [-0.15, -0.1) is 11.3 Å². The van der Waals surface area contributed by atoms with E-state index in [9.17, 15) is 4.79 Å². The molecule has 1 amide bonds. The summed E-state index contributed by atoms with van der Waals surface area (Å²) < 4.78 is 0. The van der Waals surface area contributed by atoms with Crippen molar-refractivity contribution in [2.24, 2.45) is 23.7 Å². The number of nitrogens with one attached hydrogen (secondary N) is 1. The molecule has 4 saturated carbocycles. The van der Waals surface area contributed by atoms with Crippen LogP contribution in [0.25, 0.3) is 10.7 Å². The minimum absolute atomic E-state index is 0.135. The highest BCUT2D eigenvalue weighted by Gasteiger charge is 2.48. The molecule has 4 aliphatic rings. The first-order valence-electron chi connectivity index (χ1n) is 9.40. The molecule has 2 aromatic rings. The van der Waals surface area contributed by atoms with Gasteiger partial charge in [0.15, 0.2) is 0 Å². The molecule has 4 aliphatic carbocycles. The smallest absolute Gasteiger partial charge is 0.226 e. The second-order valence-corrected chi connectivity index (χ2v) is 8.92. The van der Waals surface area contributed by atoms with Gasteiger partial charge in [0.05, 0.1) is 17.8 Å². The normalized spacial score (nSPS) is 32.7. The summed E-state index contributed by atoms with van der Waals surface area (Å²) >= 11 is 1.56. The van der Waals surface area contributed by atoms with Gasteiger partial charge in [-0.1, -0.05) is 6.07 Å². The van der Waals surface area contributed by atoms with Crippen LogP contribution in [0.2, 0.25) is 0 Å². The third-order valence-corrected chi connectivity index (χ3v) is 7.25. The van der Waals surface area contributed by atoms with Crippen LogP contribution in [0.15, 0.2) is 29.8 Å². The van der Waals surface area contributed by atoms with Gasteiger partial charge < -0.3 is 5.32 Å². The Bertz CT molecular complexity index is 744. The molecule has 4 fully saturated rings. The van der Waals surface area contributed by atoms with E-state index in [1.165, 1.54) is 32.1 Å². The largest absolute Gasteiger partial charge is 0.352 e. The Morgan fingerprint density at radius 2 is 1.88 bits per heavy atom. The fourth-order valence-corrected chi connectivity index (χ4v) is 6.35. The maximum atomic E-state index is 12.6. The minimum Gasteiger partial charge on any atom is -0.352 e. The fraction of sp³-hybridized carbons (Fsp3) is 0.550. The third kappa shape index (κ3) is 2.99. The Morgan fingerprint density at radius 1 is 1.12 bits per heavy atom. The highest BCUT2D eigenvalue weighted by molar-refractivity contribution is 7.13. The summed E-state index contributed by atoms with van der Waals surface area (Å²) in [6, 6.07) is 6.23. The number of nitrogens with zero attached hydrogens (tertiary/aromatic N) is 2. The van der Waals surface area contributed by atoms with Gasteiger partial charge in [-0.05, 0) is 67.9 Å². The van der Waals surface area contributed by atoms with Crippen LogP contribution in [0.3, 0.4) is 0 Å². The zero-order valence-corrected chi connectivity index (χ0v) is 15.0. The molecule has 0 radical (unpaired) electrons. The third-order valence-electron chi connectivity index (χ3n) is 6.33. The quantitative estimate of drug-likeness (QED) is 0.912. The van der Waals surface area contributed by atoms with Gasteiger partial charge in [0.1, 0.15) is 5.01 Å². The summed E-state index contributed by atoms with van der Waals surface area (Å²) in [5, 5.41) is 6.24. The monoisotopic (exact) mass is 353 g/mol. The lowest BCUT2D eigenvalue weighted by Gasteiger charge is -2.54. The molecule has 0 aliphatic heterocycles. The van der Waals surface area contributed by atoms with Crippen LogP contribution in [-0.4, -0.2) is 21.9 Å². The lowest BCUT2D eigenvalue weighted by atomic mass is 9.54. The maximum absolute atomic E-state index is 12.6. The van der Waals surface area contributed by atoms with Crippen LogP contribution in [0, 0.1) is 23.7 Å². The first-order valence-corrected chi connectivity index (χ1v) is 10.3. The Balaban J connectivity index is 1.23. The summed E-state index contributed by atoms with van der Waals surface area (Å²) in [5.41, 5.74) is 1.73.